The summed E-state index contributed by atoms with van der Waals surface area (Å²) < 4.78 is -1.81. The van der Waals surface area contributed by atoms with Crippen molar-refractivity contribution in [3.8, 4) is 0 Å². The molecule has 0 aliphatic carbocycles. The van der Waals surface area contributed by atoms with Crippen LogP contribution in [0.25, 0.3) is 0 Å². The number of nitrogens with one attached hydrogen (secondary N) is 3. The van der Waals surface area contributed by atoms with Crippen molar-refractivity contribution in [1.82, 2.24) is 10.6 Å². The van der Waals surface area contributed by atoms with Crippen LogP contribution >= 0.6 is 47.0 Å². The van der Waals surface area contributed by atoms with E-state index in [1.165, 1.54) is 0 Å². The Labute approximate surface area is 173 Å². The number of benzene rings is 2. The van der Waals surface area contributed by atoms with E-state index in [1.807, 2.05) is 50.2 Å². The molecule has 1 amide bonds. The van der Waals surface area contributed by atoms with E-state index in [9.17, 15) is 4.79 Å². The molecule has 0 saturated carbocycles. The minimum absolute atomic E-state index is 0.219. The van der Waals surface area contributed by atoms with E-state index < -0.39 is 9.96 Å². The molecular weight excluding hydrogens is 413 g/mol. The number of aryl methyl sites for hydroxylation is 2. The molecule has 2 aromatic rings. The van der Waals surface area contributed by atoms with Crippen LogP contribution in [-0.4, -0.2) is 21.0 Å². The fraction of sp³-hybridized carbons (Fsp3) is 0.222. The van der Waals surface area contributed by atoms with Crippen molar-refractivity contribution in [2.75, 3.05) is 5.32 Å². The number of hydrogen-bond acceptors (Lipinski definition) is 2. The topological polar surface area (TPSA) is 53.2 Å². The molecule has 1 unspecified atom stereocenters. The van der Waals surface area contributed by atoms with Gasteiger partial charge in [-0.05, 0) is 55.4 Å². The van der Waals surface area contributed by atoms with Crippen molar-refractivity contribution in [1.29, 1.82) is 0 Å². The van der Waals surface area contributed by atoms with Crippen LogP contribution < -0.4 is 16.0 Å². The zero-order valence-corrected chi connectivity index (χ0v) is 17.2. The molecule has 8 heteroatoms. The van der Waals surface area contributed by atoms with E-state index in [1.54, 1.807) is 12.1 Å². The highest BCUT2D eigenvalue weighted by atomic mass is 35.6. The third-order valence-electron chi connectivity index (χ3n) is 3.54. The van der Waals surface area contributed by atoms with Gasteiger partial charge in [0.05, 0.1) is 0 Å². The number of carbonyl (C=O) groups excluding carboxylic acids is 1. The Bertz CT molecular complexity index is 808. The summed E-state index contributed by atoms with van der Waals surface area (Å²) in [4.78, 5) is 12.5. The molecule has 0 radical (unpaired) electrons. The minimum Gasteiger partial charge on any atom is -0.339 e. The van der Waals surface area contributed by atoms with Crippen LogP contribution in [0, 0.1) is 13.8 Å². The number of halogens is 3. The molecule has 3 N–H and O–H groups in total. The fourth-order valence-electron chi connectivity index (χ4n) is 2.26. The van der Waals surface area contributed by atoms with Gasteiger partial charge in [0.25, 0.3) is 5.91 Å². The first-order valence-electron chi connectivity index (χ1n) is 7.74. The lowest BCUT2D eigenvalue weighted by atomic mass is 10.1. The molecule has 0 bridgehead atoms. The van der Waals surface area contributed by atoms with Gasteiger partial charge >= 0.3 is 0 Å². The van der Waals surface area contributed by atoms with Crippen molar-refractivity contribution in [3.05, 3.63) is 65.2 Å². The summed E-state index contributed by atoms with van der Waals surface area (Å²) in [5, 5.41) is 8.73. The van der Waals surface area contributed by atoms with Crippen molar-refractivity contribution < 1.29 is 4.79 Å². The van der Waals surface area contributed by atoms with E-state index in [0.29, 0.717) is 5.56 Å². The maximum absolute atomic E-state index is 12.5. The normalized spacial score (nSPS) is 12.2. The largest absolute Gasteiger partial charge is 0.339 e. The number of rotatable bonds is 4. The number of hydrogen-bond donors (Lipinski definition) is 3. The predicted octanol–water partition coefficient (Wildman–Crippen LogP) is 4.72. The predicted molar refractivity (Wildman–Crippen MR) is 113 cm³/mol. The van der Waals surface area contributed by atoms with E-state index in [-0.39, 0.29) is 11.0 Å². The van der Waals surface area contributed by atoms with Gasteiger partial charge in [-0.1, -0.05) is 65.1 Å². The van der Waals surface area contributed by atoms with Crippen LogP contribution in [0.1, 0.15) is 21.5 Å². The molecule has 2 rings (SSSR count). The minimum atomic E-state index is -1.81. The van der Waals surface area contributed by atoms with Crippen LogP contribution in [0.3, 0.4) is 0 Å². The summed E-state index contributed by atoms with van der Waals surface area (Å²) in [6, 6.07) is 14.8. The zero-order chi connectivity index (χ0) is 19.3. The Morgan fingerprint density at radius 1 is 1.04 bits per heavy atom. The van der Waals surface area contributed by atoms with Gasteiger partial charge in [-0.2, -0.15) is 0 Å². The van der Waals surface area contributed by atoms with Gasteiger partial charge in [0.1, 0.15) is 6.17 Å². The zero-order valence-electron chi connectivity index (χ0n) is 14.1. The van der Waals surface area contributed by atoms with Gasteiger partial charge in [-0.25, -0.2) is 0 Å². The number of alkyl halides is 3. The van der Waals surface area contributed by atoms with Crippen LogP contribution in [0.4, 0.5) is 5.69 Å². The molecule has 0 spiro atoms. The van der Waals surface area contributed by atoms with Crippen molar-refractivity contribution in [3.63, 3.8) is 0 Å². The number of amides is 1. The van der Waals surface area contributed by atoms with E-state index in [0.717, 1.165) is 16.8 Å². The first-order valence-corrected chi connectivity index (χ1v) is 9.28. The van der Waals surface area contributed by atoms with Gasteiger partial charge in [0.2, 0.25) is 3.79 Å². The summed E-state index contributed by atoms with van der Waals surface area (Å²) in [5.74, 6) is -0.370. The van der Waals surface area contributed by atoms with Crippen molar-refractivity contribution >= 4 is 63.7 Å². The van der Waals surface area contributed by atoms with E-state index in [4.69, 9.17) is 47.0 Å². The average Bonchev–Trinajstić information content (AvgIpc) is 2.53. The molecule has 0 aliphatic heterocycles. The summed E-state index contributed by atoms with van der Waals surface area (Å²) in [6.07, 6.45) is -1.02. The second kappa shape index (κ2) is 8.91. The summed E-state index contributed by atoms with van der Waals surface area (Å²) >= 11 is 23.3. The van der Waals surface area contributed by atoms with Crippen LogP contribution in [0.2, 0.25) is 0 Å². The second-order valence-electron chi connectivity index (χ2n) is 5.73. The molecular formula is C18H18Cl3N3OS. The average molecular weight is 431 g/mol. The van der Waals surface area contributed by atoms with Crippen LogP contribution in [0.15, 0.2) is 48.5 Å². The Morgan fingerprint density at radius 3 is 2.35 bits per heavy atom. The molecule has 0 aromatic heterocycles. The standard InChI is InChI=1S/C18H18Cl3N3OS/c1-11-6-5-8-13(10-11)22-17(26)24-16(18(19,20)21)23-15(25)14-9-4-3-7-12(14)2/h3-10,16H,1-2H3,(H,23,25)(H2,22,24,26). The Balaban J connectivity index is 2.09. The molecule has 0 fully saturated rings. The Morgan fingerprint density at radius 2 is 1.73 bits per heavy atom. The third kappa shape index (κ3) is 6.02. The lowest BCUT2D eigenvalue weighted by molar-refractivity contribution is 0.0934. The maximum Gasteiger partial charge on any atom is 0.253 e. The van der Waals surface area contributed by atoms with Gasteiger partial charge in [-0.15, -0.1) is 0 Å². The van der Waals surface area contributed by atoms with Crippen LogP contribution in [0.5, 0.6) is 0 Å². The highest BCUT2D eigenvalue weighted by Crippen LogP contribution is 2.29. The lowest BCUT2D eigenvalue weighted by Gasteiger charge is -2.28. The van der Waals surface area contributed by atoms with Gasteiger partial charge < -0.3 is 16.0 Å². The summed E-state index contributed by atoms with van der Waals surface area (Å²) in [6.45, 7) is 3.80. The van der Waals surface area contributed by atoms with Crippen molar-refractivity contribution in [2.45, 2.75) is 23.8 Å². The quantitative estimate of drug-likeness (QED) is 0.373. The van der Waals surface area contributed by atoms with Crippen LogP contribution in [-0.2, 0) is 0 Å². The third-order valence-corrected chi connectivity index (χ3v) is 4.42. The monoisotopic (exact) mass is 429 g/mol. The summed E-state index contributed by atoms with van der Waals surface area (Å²) in [5.41, 5.74) is 3.17. The number of thiocarbonyl (C=S) groups is 1. The fourth-order valence-corrected chi connectivity index (χ4v) is 2.82. The molecule has 4 nitrogen and oxygen atoms in total. The number of carbonyl (C=O) groups is 1. The van der Waals surface area contributed by atoms with Crippen molar-refractivity contribution in [2.24, 2.45) is 0 Å². The second-order valence-corrected chi connectivity index (χ2v) is 8.51. The Kier molecular flexibility index (Phi) is 7.12. The van der Waals surface area contributed by atoms with Gasteiger partial charge in [-0.3, -0.25) is 4.79 Å². The molecule has 0 heterocycles. The highest BCUT2D eigenvalue weighted by Gasteiger charge is 2.35. The molecule has 0 saturated heterocycles. The molecule has 26 heavy (non-hydrogen) atoms. The maximum atomic E-state index is 12.5. The smallest absolute Gasteiger partial charge is 0.253 e. The number of anilines is 1. The first-order chi connectivity index (χ1) is 12.2. The molecule has 138 valence electrons. The van der Waals surface area contributed by atoms with E-state index >= 15 is 0 Å². The SMILES string of the molecule is Cc1cccc(NC(=S)NC(NC(=O)c2ccccc2C)C(Cl)(Cl)Cl)c1. The molecule has 2 aromatic carbocycles. The molecule has 1 atom stereocenters. The van der Waals surface area contributed by atoms with Gasteiger partial charge in [0, 0.05) is 11.3 Å². The van der Waals surface area contributed by atoms with E-state index in [2.05, 4.69) is 16.0 Å². The Hall–Kier alpha value is -1.53. The first kappa shape index (κ1) is 20.8. The summed E-state index contributed by atoms with van der Waals surface area (Å²) in [7, 11) is 0. The highest BCUT2D eigenvalue weighted by molar-refractivity contribution is 7.80. The lowest BCUT2D eigenvalue weighted by Crippen LogP contribution is -2.56. The molecule has 0 aliphatic rings. The van der Waals surface area contributed by atoms with Gasteiger partial charge in [0.15, 0.2) is 5.11 Å².